The molecule has 3 unspecified atom stereocenters. The molecule has 2 bridgehead atoms. The van der Waals surface area contributed by atoms with Crippen LogP contribution in [-0.4, -0.2) is 70.5 Å². The zero-order valence-electron chi connectivity index (χ0n) is 19.4. The molecule has 1 aromatic rings. The van der Waals surface area contributed by atoms with Crippen molar-refractivity contribution in [3.63, 3.8) is 0 Å². The second-order valence-electron chi connectivity index (χ2n) is 9.37. The number of nitrogens with one attached hydrogen (secondary N) is 2. The van der Waals surface area contributed by atoms with Crippen LogP contribution in [0.2, 0.25) is 5.02 Å². The predicted octanol–water partition coefficient (Wildman–Crippen LogP) is 2.63. The second-order valence-corrected chi connectivity index (χ2v) is 11.0. The van der Waals surface area contributed by atoms with Gasteiger partial charge in [0.05, 0.1) is 28.6 Å². The highest BCUT2D eigenvalue weighted by Crippen LogP contribution is 2.60. The number of unbranched alkanes of at least 4 members (excludes halogenated alkanes) is 3. The summed E-state index contributed by atoms with van der Waals surface area (Å²) < 4.78 is 6.41. The van der Waals surface area contributed by atoms with Crippen molar-refractivity contribution in [2.24, 2.45) is 11.8 Å². The normalized spacial score (nSPS) is 31.6. The van der Waals surface area contributed by atoms with Crippen molar-refractivity contribution in [3.05, 3.63) is 28.8 Å². The predicted molar refractivity (Wildman–Crippen MR) is 132 cm³/mol. The molecule has 6 atom stereocenters. The van der Waals surface area contributed by atoms with Gasteiger partial charge in [0.2, 0.25) is 17.7 Å². The number of likely N-dealkylation sites (tertiary alicyclic amines) is 1. The van der Waals surface area contributed by atoms with Gasteiger partial charge in [-0.05, 0) is 37.8 Å². The van der Waals surface area contributed by atoms with Crippen LogP contribution in [0.4, 0.5) is 5.69 Å². The van der Waals surface area contributed by atoms with Crippen LogP contribution < -0.4 is 10.6 Å². The maximum atomic E-state index is 13.8. The van der Waals surface area contributed by atoms with Crippen LogP contribution in [0.1, 0.15) is 37.7 Å². The van der Waals surface area contributed by atoms with Gasteiger partial charge in [-0.3, -0.25) is 14.4 Å². The number of hydrogen-bond donors (Lipinski definition) is 3. The third kappa shape index (κ3) is 4.14. The minimum absolute atomic E-state index is 0.131. The van der Waals surface area contributed by atoms with E-state index in [0.29, 0.717) is 36.5 Å². The van der Waals surface area contributed by atoms with Crippen molar-refractivity contribution in [1.29, 1.82) is 0 Å². The molecule has 1 spiro atoms. The number of alkyl halides is 1. The van der Waals surface area contributed by atoms with Gasteiger partial charge in [-0.25, -0.2) is 0 Å². The molecular formula is C24H31BrClN3O5. The fourth-order valence-corrected chi connectivity index (χ4v) is 7.08. The molecular weight excluding hydrogens is 526 g/mol. The fraction of sp³-hybridized carbons (Fsp3) is 0.625. The number of para-hydroxylation sites is 1. The molecule has 8 nitrogen and oxygen atoms in total. The molecule has 0 aliphatic carbocycles. The number of anilines is 1. The zero-order chi connectivity index (χ0) is 24.6. The number of benzene rings is 1. The summed E-state index contributed by atoms with van der Waals surface area (Å²) in [6.45, 7) is 2.37. The Morgan fingerprint density at radius 2 is 2.00 bits per heavy atom. The van der Waals surface area contributed by atoms with Crippen molar-refractivity contribution >= 4 is 50.9 Å². The molecule has 0 radical (unpaired) electrons. The number of hydrogen-bond acceptors (Lipinski definition) is 5. The van der Waals surface area contributed by atoms with Crippen molar-refractivity contribution in [2.45, 2.75) is 61.6 Å². The molecule has 4 rings (SSSR count). The molecule has 3 heterocycles. The molecule has 0 aromatic heterocycles. The number of nitrogens with zero attached hydrogens (tertiary/aromatic N) is 1. The summed E-state index contributed by atoms with van der Waals surface area (Å²) in [4.78, 5) is 41.8. The summed E-state index contributed by atoms with van der Waals surface area (Å²) in [5.74, 6) is -2.20. The number of carbonyl (C=O) groups excluding carboxylic acids is 3. The van der Waals surface area contributed by atoms with Crippen LogP contribution in [0.5, 0.6) is 0 Å². The lowest BCUT2D eigenvalue weighted by molar-refractivity contribution is -0.140. The van der Waals surface area contributed by atoms with Crippen LogP contribution in [0.15, 0.2) is 18.2 Å². The SMILES string of the molecule is CNC(=O)[C@H]1[C@H]2C(=O)N(CCCCCCO)C(C(=O)Nc3c(C)cccc3Cl)C23CC(Br)[C@@H]1O3. The molecule has 1 aromatic carbocycles. The minimum atomic E-state index is -1.09. The summed E-state index contributed by atoms with van der Waals surface area (Å²) in [5.41, 5.74) is 0.237. The van der Waals surface area contributed by atoms with E-state index in [-0.39, 0.29) is 29.2 Å². The summed E-state index contributed by atoms with van der Waals surface area (Å²) in [5, 5.41) is 15.1. The molecule has 3 aliphatic heterocycles. The quantitative estimate of drug-likeness (QED) is 0.320. The van der Waals surface area contributed by atoms with Crippen LogP contribution >= 0.6 is 27.5 Å². The lowest BCUT2D eigenvalue weighted by atomic mass is 9.70. The van der Waals surface area contributed by atoms with Gasteiger partial charge in [-0.1, -0.05) is 52.5 Å². The first-order valence-corrected chi connectivity index (χ1v) is 13.1. The third-order valence-electron chi connectivity index (χ3n) is 7.36. The van der Waals surface area contributed by atoms with E-state index in [1.165, 1.54) is 0 Å². The van der Waals surface area contributed by atoms with Crippen molar-refractivity contribution < 1.29 is 24.2 Å². The van der Waals surface area contributed by atoms with Gasteiger partial charge in [0.15, 0.2) is 0 Å². The first-order chi connectivity index (χ1) is 16.3. The molecule has 3 N–H and O–H groups in total. The number of halogens is 2. The van der Waals surface area contributed by atoms with E-state index in [9.17, 15) is 14.4 Å². The number of carbonyl (C=O) groups is 3. The molecule has 10 heteroatoms. The Morgan fingerprint density at radius 3 is 2.68 bits per heavy atom. The van der Waals surface area contributed by atoms with Crippen LogP contribution in [0, 0.1) is 18.8 Å². The van der Waals surface area contributed by atoms with E-state index >= 15 is 0 Å². The standard InChI is InChI=1S/C24H31BrClN3O5/c1-13-8-7-9-15(26)18(13)28-22(32)20-24-12-14(25)19(34-24)16(21(31)27-2)17(24)23(33)29(20)10-5-3-4-6-11-30/h7-9,14,16-17,19-20,30H,3-6,10-12H2,1-2H3,(H,27,31)(H,28,32)/t14?,16-,17-,19-,20?,24?/m0/s1. The lowest BCUT2D eigenvalue weighted by Crippen LogP contribution is -2.54. The van der Waals surface area contributed by atoms with E-state index in [2.05, 4.69) is 26.6 Å². The summed E-state index contributed by atoms with van der Waals surface area (Å²) in [6.07, 6.45) is 3.04. The Kier molecular flexibility index (Phi) is 7.57. The van der Waals surface area contributed by atoms with E-state index in [4.69, 9.17) is 21.4 Å². The summed E-state index contributed by atoms with van der Waals surface area (Å²) in [7, 11) is 1.55. The van der Waals surface area contributed by atoms with E-state index in [1.807, 2.05) is 19.1 Å². The smallest absolute Gasteiger partial charge is 0.250 e. The molecule has 3 amide bonds. The van der Waals surface area contributed by atoms with Crippen LogP contribution in [-0.2, 0) is 19.1 Å². The first-order valence-electron chi connectivity index (χ1n) is 11.8. The van der Waals surface area contributed by atoms with Crippen LogP contribution in [0.3, 0.4) is 0 Å². The third-order valence-corrected chi connectivity index (χ3v) is 8.52. The Bertz CT molecular complexity index is 958. The highest BCUT2D eigenvalue weighted by atomic mass is 79.9. The van der Waals surface area contributed by atoms with Gasteiger partial charge < -0.3 is 25.4 Å². The Balaban J connectivity index is 1.67. The summed E-state index contributed by atoms with van der Waals surface area (Å²) in [6, 6.07) is 4.50. The number of aryl methyl sites for hydroxylation is 1. The van der Waals surface area contributed by atoms with E-state index in [1.54, 1.807) is 18.0 Å². The van der Waals surface area contributed by atoms with E-state index < -0.39 is 29.6 Å². The molecule has 3 aliphatic rings. The molecule has 34 heavy (non-hydrogen) atoms. The molecule has 186 valence electrons. The van der Waals surface area contributed by atoms with Crippen molar-refractivity contribution in [2.75, 3.05) is 25.5 Å². The Morgan fingerprint density at radius 1 is 1.26 bits per heavy atom. The van der Waals surface area contributed by atoms with Crippen LogP contribution in [0.25, 0.3) is 0 Å². The van der Waals surface area contributed by atoms with Gasteiger partial charge in [0, 0.05) is 25.0 Å². The average molecular weight is 557 g/mol. The van der Waals surface area contributed by atoms with Crippen molar-refractivity contribution in [3.8, 4) is 0 Å². The van der Waals surface area contributed by atoms with Gasteiger partial charge in [0.25, 0.3) is 0 Å². The zero-order valence-corrected chi connectivity index (χ0v) is 21.7. The van der Waals surface area contributed by atoms with E-state index in [0.717, 1.165) is 18.4 Å². The number of rotatable bonds is 9. The minimum Gasteiger partial charge on any atom is -0.396 e. The van der Waals surface area contributed by atoms with Crippen molar-refractivity contribution in [1.82, 2.24) is 10.2 Å². The highest BCUT2D eigenvalue weighted by molar-refractivity contribution is 9.09. The van der Waals surface area contributed by atoms with Gasteiger partial charge in [0.1, 0.15) is 11.6 Å². The monoisotopic (exact) mass is 555 g/mol. The first kappa shape index (κ1) is 25.4. The fourth-order valence-electron chi connectivity index (χ4n) is 5.87. The largest absolute Gasteiger partial charge is 0.396 e. The number of aliphatic hydroxyl groups is 1. The summed E-state index contributed by atoms with van der Waals surface area (Å²) >= 11 is 10.0. The Hall–Kier alpha value is -1.68. The number of amides is 3. The maximum absolute atomic E-state index is 13.8. The van der Waals surface area contributed by atoms with Gasteiger partial charge >= 0.3 is 0 Å². The number of fused-ring (bicyclic) bond motifs is 1. The molecule has 3 saturated heterocycles. The second kappa shape index (κ2) is 10.1. The molecule has 3 fully saturated rings. The number of aliphatic hydroxyl groups excluding tert-OH is 1. The number of ether oxygens (including phenoxy) is 1. The average Bonchev–Trinajstić information content (AvgIpc) is 3.39. The Labute approximate surface area is 212 Å². The highest BCUT2D eigenvalue weighted by Gasteiger charge is 2.76. The van der Waals surface area contributed by atoms with Gasteiger partial charge in [-0.15, -0.1) is 0 Å². The lowest BCUT2D eigenvalue weighted by Gasteiger charge is -2.34. The molecule has 0 saturated carbocycles. The topological polar surface area (TPSA) is 108 Å². The van der Waals surface area contributed by atoms with Gasteiger partial charge in [-0.2, -0.15) is 0 Å². The maximum Gasteiger partial charge on any atom is 0.250 e.